The molecule has 2 aromatic carbocycles. The Balaban J connectivity index is 2.12. The maximum atomic E-state index is 13.2. The van der Waals surface area contributed by atoms with Crippen LogP contribution in [-0.2, 0) is 15.8 Å². The number of sulfonamides is 1. The third-order valence-corrected chi connectivity index (χ3v) is 6.28. The van der Waals surface area contributed by atoms with Crippen LogP contribution in [0.1, 0.15) is 37.5 Å². The van der Waals surface area contributed by atoms with E-state index < -0.39 is 15.6 Å². The van der Waals surface area contributed by atoms with Crippen molar-refractivity contribution in [2.75, 3.05) is 4.31 Å². The molecule has 0 saturated heterocycles. The molecular weight excluding hydrogens is 318 g/mol. The van der Waals surface area contributed by atoms with Crippen molar-refractivity contribution in [1.29, 1.82) is 0 Å². The van der Waals surface area contributed by atoms with E-state index in [2.05, 4.69) is 6.07 Å². The van der Waals surface area contributed by atoms with E-state index in [4.69, 9.17) is 0 Å². The molecule has 0 spiro atoms. The van der Waals surface area contributed by atoms with E-state index in [0.29, 0.717) is 0 Å². The van der Waals surface area contributed by atoms with Gasteiger partial charge in [-0.05, 0) is 51.0 Å². The minimum atomic E-state index is -3.50. The molecular formula is C20H23NO2S. The normalized spacial score (nSPS) is 16.5. The van der Waals surface area contributed by atoms with Crippen molar-refractivity contribution in [1.82, 2.24) is 0 Å². The lowest BCUT2D eigenvalue weighted by Gasteiger charge is -2.42. The molecule has 0 atom stereocenters. The fourth-order valence-corrected chi connectivity index (χ4v) is 5.45. The van der Waals surface area contributed by atoms with Gasteiger partial charge in [-0.15, -0.1) is 0 Å². The van der Waals surface area contributed by atoms with Gasteiger partial charge in [0.1, 0.15) is 0 Å². The van der Waals surface area contributed by atoms with E-state index in [1.165, 1.54) is 0 Å². The lowest BCUT2D eigenvalue weighted by Crippen LogP contribution is -2.49. The molecule has 2 aromatic rings. The van der Waals surface area contributed by atoms with Crippen LogP contribution in [0.2, 0.25) is 0 Å². The lowest BCUT2D eigenvalue weighted by atomic mass is 9.90. The Bertz CT molecular complexity index is 896. The number of fused-ring (bicyclic) bond motifs is 1. The summed E-state index contributed by atoms with van der Waals surface area (Å²) in [6, 6.07) is 15.3. The van der Waals surface area contributed by atoms with Crippen LogP contribution in [0.25, 0.3) is 5.57 Å². The average molecular weight is 341 g/mol. The summed E-state index contributed by atoms with van der Waals surface area (Å²) in [6.45, 7) is 7.96. The SMILES string of the molecule is CC1=CC(C)(C)N(S(=O)(=O)Cc2ccccc2)c2ccc(C)cc21. The highest BCUT2D eigenvalue weighted by Crippen LogP contribution is 2.41. The summed E-state index contributed by atoms with van der Waals surface area (Å²) in [5.74, 6) is -0.00251. The number of anilines is 1. The first-order valence-electron chi connectivity index (χ1n) is 8.08. The molecule has 1 heterocycles. The maximum Gasteiger partial charge on any atom is 0.240 e. The van der Waals surface area contributed by atoms with Gasteiger partial charge in [-0.25, -0.2) is 8.42 Å². The Kier molecular flexibility index (Phi) is 4.04. The molecule has 4 heteroatoms. The molecule has 0 N–H and O–H groups in total. The molecule has 0 aliphatic carbocycles. The first-order chi connectivity index (χ1) is 11.2. The summed E-state index contributed by atoms with van der Waals surface area (Å²) >= 11 is 0. The monoisotopic (exact) mass is 341 g/mol. The molecule has 0 saturated carbocycles. The van der Waals surface area contributed by atoms with Crippen LogP contribution in [0.4, 0.5) is 5.69 Å². The number of nitrogens with zero attached hydrogens (tertiary/aromatic N) is 1. The third-order valence-electron chi connectivity index (χ3n) is 4.36. The second-order valence-corrected chi connectivity index (χ2v) is 8.83. The van der Waals surface area contributed by atoms with Gasteiger partial charge in [-0.3, -0.25) is 4.31 Å². The van der Waals surface area contributed by atoms with E-state index in [1.54, 1.807) is 4.31 Å². The average Bonchev–Trinajstić information content (AvgIpc) is 2.47. The first-order valence-corrected chi connectivity index (χ1v) is 9.69. The molecule has 0 fully saturated rings. The van der Waals surface area contributed by atoms with Gasteiger partial charge in [0.05, 0.1) is 17.0 Å². The topological polar surface area (TPSA) is 37.4 Å². The number of allylic oxidation sites excluding steroid dienone is 1. The Morgan fingerprint density at radius 2 is 1.67 bits per heavy atom. The molecule has 1 aliphatic rings. The predicted octanol–water partition coefficient (Wildman–Crippen LogP) is 4.53. The molecule has 3 rings (SSSR count). The maximum absolute atomic E-state index is 13.2. The second-order valence-electron chi connectivity index (χ2n) is 7.01. The third kappa shape index (κ3) is 2.98. The molecule has 24 heavy (non-hydrogen) atoms. The number of benzene rings is 2. The summed E-state index contributed by atoms with van der Waals surface area (Å²) < 4.78 is 28.0. The Morgan fingerprint density at radius 3 is 2.33 bits per heavy atom. The fraction of sp³-hybridized carbons (Fsp3) is 0.300. The van der Waals surface area contributed by atoms with Gasteiger partial charge in [-0.2, -0.15) is 0 Å². The summed E-state index contributed by atoms with van der Waals surface area (Å²) in [5, 5.41) is 0. The second kappa shape index (κ2) is 5.78. The zero-order valence-electron chi connectivity index (χ0n) is 14.6. The number of aryl methyl sites for hydroxylation is 1. The van der Waals surface area contributed by atoms with Crippen LogP contribution in [0.5, 0.6) is 0 Å². The van der Waals surface area contributed by atoms with Crippen molar-refractivity contribution in [2.24, 2.45) is 0 Å². The summed E-state index contributed by atoms with van der Waals surface area (Å²) in [7, 11) is -3.50. The number of hydrogen-bond donors (Lipinski definition) is 0. The number of rotatable bonds is 3. The van der Waals surface area contributed by atoms with E-state index in [9.17, 15) is 8.42 Å². The first kappa shape index (κ1) is 16.8. The van der Waals surface area contributed by atoms with Crippen LogP contribution in [-0.4, -0.2) is 14.0 Å². The zero-order valence-corrected chi connectivity index (χ0v) is 15.4. The van der Waals surface area contributed by atoms with E-state index in [0.717, 1.165) is 28.0 Å². The minimum absolute atomic E-state index is 0.00251. The van der Waals surface area contributed by atoms with Crippen LogP contribution in [0.3, 0.4) is 0 Å². The molecule has 0 bridgehead atoms. The smallest absolute Gasteiger partial charge is 0.240 e. The van der Waals surface area contributed by atoms with Crippen molar-refractivity contribution in [3.8, 4) is 0 Å². The zero-order chi connectivity index (χ0) is 17.5. The quantitative estimate of drug-likeness (QED) is 0.823. The van der Waals surface area contributed by atoms with Crippen LogP contribution >= 0.6 is 0 Å². The van der Waals surface area contributed by atoms with Crippen molar-refractivity contribution >= 4 is 21.3 Å². The fourth-order valence-electron chi connectivity index (χ4n) is 3.48. The van der Waals surface area contributed by atoms with Gasteiger partial charge >= 0.3 is 0 Å². The van der Waals surface area contributed by atoms with Gasteiger partial charge in [-0.1, -0.05) is 48.0 Å². The van der Waals surface area contributed by atoms with Crippen molar-refractivity contribution in [3.63, 3.8) is 0 Å². The Labute approximate surface area is 144 Å². The van der Waals surface area contributed by atoms with Crippen LogP contribution < -0.4 is 4.31 Å². The van der Waals surface area contributed by atoms with E-state index in [-0.39, 0.29) is 5.75 Å². The van der Waals surface area contributed by atoms with Crippen molar-refractivity contribution < 1.29 is 8.42 Å². The van der Waals surface area contributed by atoms with Gasteiger partial charge in [0.2, 0.25) is 10.0 Å². The molecule has 126 valence electrons. The number of hydrogen-bond acceptors (Lipinski definition) is 2. The molecule has 1 aliphatic heterocycles. The minimum Gasteiger partial charge on any atom is -0.260 e. The van der Waals surface area contributed by atoms with E-state index >= 15 is 0 Å². The van der Waals surface area contributed by atoms with E-state index in [1.807, 2.05) is 76.2 Å². The summed E-state index contributed by atoms with van der Waals surface area (Å²) in [4.78, 5) is 0. The highest BCUT2D eigenvalue weighted by molar-refractivity contribution is 7.92. The predicted molar refractivity (Wildman–Crippen MR) is 100 cm³/mol. The molecule has 3 nitrogen and oxygen atoms in total. The summed E-state index contributed by atoms with van der Waals surface area (Å²) in [6.07, 6.45) is 2.04. The largest absolute Gasteiger partial charge is 0.260 e. The van der Waals surface area contributed by atoms with Gasteiger partial charge in [0.25, 0.3) is 0 Å². The molecule has 0 aromatic heterocycles. The highest BCUT2D eigenvalue weighted by atomic mass is 32.2. The Morgan fingerprint density at radius 1 is 1.00 bits per heavy atom. The highest BCUT2D eigenvalue weighted by Gasteiger charge is 2.39. The van der Waals surface area contributed by atoms with Crippen molar-refractivity contribution in [2.45, 2.75) is 39.0 Å². The Hall–Kier alpha value is -2.07. The molecule has 0 radical (unpaired) electrons. The van der Waals surface area contributed by atoms with Gasteiger partial charge < -0.3 is 0 Å². The molecule has 0 unspecified atom stereocenters. The summed E-state index contributed by atoms with van der Waals surface area (Å²) in [5.41, 5.74) is 4.20. The van der Waals surface area contributed by atoms with Crippen LogP contribution in [0, 0.1) is 6.92 Å². The van der Waals surface area contributed by atoms with Gasteiger partial charge in [0.15, 0.2) is 0 Å². The standard InChI is InChI=1S/C20H23NO2S/c1-15-10-11-19-18(12-15)16(2)13-20(3,4)21(19)24(22,23)14-17-8-6-5-7-9-17/h5-13H,14H2,1-4H3. The van der Waals surface area contributed by atoms with Gasteiger partial charge in [0, 0.05) is 5.56 Å². The van der Waals surface area contributed by atoms with Crippen molar-refractivity contribution in [3.05, 3.63) is 71.3 Å². The van der Waals surface area contributed by atoms with Crippen LogP contribution in [0.15, 0.2) is 54.6 Å². The lowest BCUT2D eigenvalue weighted by molar-refractivity contribution is 0.560. The molecule has 0 amide bonds.